The minimum absolute atomic E-state index is 0. The number of sulfone groups is 1. The molecule has 1 heterocycles. The SMILES string of the molecule is CN(C(=O)C(C)(N)c1ccccc1)C1CCS(=O)(=O)C1.Cl. The summed E-state index contributed by atoms with van der Waals surface area (Å²) in [6.45, 7) is 1.66. The topological polar surface area (TPSA) is 80.5 Å². The molecule has 1 aliphatic rings. The smallest absolute Gasteiger partial charge is 0.246 e. The average molecular weight is 333 g/mol. The third-order valence-electron chi connectivity index (χ3n) is 3.89. The zero-order valence-electron chi connectivity index (χ0n) is 12.2. The van der Waals surface area contributed by atoms with Gasteiger partial charge in [-0.1, -0.05) is 30.3 Å². The number of hydrogen-bond donors (Lipinski definition) is 1. The van der Waals surface area contributed by atoms with E-state index in [4.69, 9.17) is 5.73 Å². The fourth-order valence-electron chi connectivity index (χ4n) is 2.52. The first kappa shape index (κ1) is 17.9. The van der Waals surface area contributed by atoms with Crippen LogP contribution in [0.15, 0.2) is 30.3 Å². The summed E-state index contributed by atoms with van der Waals surface area (Å²) >= 11 is 0. The first-order valence-electron chi connectivity index (χ1n) is 6.56. The number of rotatable bonds is 3. The van der Waals surface area contributed by atoms with Crippen LogP contribution in [0.3, 0.4) is 0 Å². The number of halogens is 1. The Morgan fingerprint density at radius 1 is 1.33 bits per heavy atom. The van der Waals surface area contributed by atoms with E-state index in [1.165, 1.54) is 4.90 Å². The highest BCUT2D eigenvalue weighted by Gasteiger charge is 2.39. The van der Waals surface area contributed by atoms with Crippen LogP contribution < -0.4 is 5.73 Å². The van der Waals surface area contributed by atoms with E-state index in [2.05, 4.69) is 0 Å². The van der Waals surface area contributed by atoms with Crippen LogP contribution in [-0.4, -0.2) is 43.8 Å². The lowest BCUT2D eigenvalue weighted by Crippen LogP contribution is -2.52. The lowest BCUT2D eigenvalue weighted by Gasteiger charge is -2.32. The molecular weight excluding hydrogens is 312 g/mol. The summed E-state index contributed by atoms with van der Waals surface area (Å²) in [5.41, 5.74) is 5.75. The van der Waals surface area contributed by atoms with Gasteiger partial charge in [-0.3, -0.25) is 4.79 Å². The van der Waals surface area contributed by atoms with E-state index in [0.29, 0.717) is 6.42 Å². The van der Waals surface area contributed by atoms with Gasteiger partial charge in [0.2, 0.25) is 5.91 Å². The van der Waals surface area contributed by atoms with E-state index in [1.54, 1.807) is 26.1 Å². The van der Waals surface area contributed by atoms with E-state index in [-0.39, 0.29) is 35.9 Å². The molecule has 0 aliphatic carbocycles. The van der Waals surface area contributed by atoms with Gasteiger partial charge in [0.05, 0.1) is 11.5 Å². The van der Waals surface area contributed by atoms with Gasteiger partial charge in [-0.15, -0.1) is 12.4 Å². The Morgan fingerprint density at radius 2 is 1.90 bits per heavy atom. The number of nitrogens with zero attached hydrogens (tertiary/aromatic N) is 1. The summed E-state index contributed by atoms with van der Waals surface area (Å²) < 4.78 is 23.0. The van der Waals surface area contributed by atoms with Gasteiger partial charge < -0.3 is 10.6 Å². The second-order valence-corrected chi connectivity index (χ2v) is 7.77. The second kappa shape index (κ2) is 6.34. The number of carbonyl (C=O) groups is 1. The third-order valence-corrected chi connectivity index (χ3v) is 5.64. The monoisotopic (exact) mass is 332 g/mol. The maximum atomic E-state index is 12.6. The molecule has 118 valence electrons. The minimum atomic E-state index is -3.02. The van der Waals surface area contributed by atoms with Crippen LogP contribution in [0.25, 0.3) is 0 Å². The van der Waals surface area contributed by atoms with Crippen molar-refractivity contribution in [2.45, 2.75) is 24.9 Å². The highest BCUT2D eigenvalue weighted by atomic mass is 35.5. The van der Waals surface area contributed by atoms with Crippen molar-refractivity contribution in [3.63, 3.8) is 0 Å². The van der Waals surface area contributed by atoms with Crippen molar-refractivity contribution in [3.8, 4) is 0 Å². The van der Waals surface area contributed by atoms with Crippen LogP contribution >= 0.6 is 12.4 Å². The normalized spacial score (nSPS) is 22.9. The molecule has 7 heteroatoms. The molecule has 5 nitrogen and oxygen atoms in total. The van der Waals surface area contributed by atoms with Crippen molar-refractivity contribution >= 4 is 28.2 Å². The first-order valence-corrected chi connectivity index (χ1v) is 8.38. The van der Waals surface area contributed by atoms with Crippen molar-refractivity contribution in [1.29, 1.82) is 0 Å². The Bertz CT molecular complexity index is 602. The number of likely N-dealkylation sites (N-methyl/N-ethyl adjacent to an activating group) is 1. The van der Waals surface area contributed by atoms with Crippen LogP contribution in [0.1, 0.15) is 18.9 Å². The Morgan fingerprint density at radius 3 is 2.38 bits per heavy atom. The largest absolute Gasteiger partial charge is 0.340 e. The summed E-state index contributed by atoms with van der Waals surface area (Å²) in [5.74, 6) is -0.0898. The highest BCUT2D eigenvalue weighted by Crippen LogP contribution is 2.24. The van der Waals surface area contributed by atoms with E-state index >= 15 is 0 Å². The van der Waals surface area contributed by atoms with Gasteiger partial charge in [0.15, 0.2) is 9.84 Å². The van der Waals surface area contributed by atoms with Crippen molar-refractivity contribution in [2.75, 3.05) is 18.6 Å². The highest BCUT2D eigenvalue weighted by molar-refractivity contribution is 7.91. The van der Waals surface area contributed by atoms with Gasteiger partial charge >= 0.3 is 0 Å². The second-order valence-electron chi connectivity index (χ2n) is 5.54. The molecule has 0 saturated carbocycles. The van der Waals surface area contributed by atoms with Gasteiger partial charge in [0.1, 0.15) is 5.54 Å². The molecule has 2 atom stereocenters. The van der Waals surface area contributed by atoms with E-state index in [1.807, 2.05) is 18.2 Å². The van der Waals surface area contributed by atoms with Crippen LogP contribution in [0.4, 0.5) is 0 Å². The standard InChI is InChI=1S/C14H20N2O3S.ClH/c1-14(15,11-6-4-3-5-7-11)13(17)16(2)12-8-9-20(18,19)10-12;/h3-7,12H,8-10,15H2,1-2H3;1H. The molecule has 2 rings (SSSR count). The molecular formula is C14H21ClN2O3S. The Labute approximate surface area is 131 Å². The van der Waals surface area contributed by atoms with Gasteiger partial charge in [-0.05, 0) is 18.9 Å². The Balaban J connectivity index is 0.00000220. The zero-order valence-corrected chi connectivity index (χ0v) is 13.8. The first-order chi connectivity index (χ1) is 9.24. The molecule has 0 bridgehead atoms. The fraction of sp³-hybridized carbons (Fsp3) is 0.500. The van der Waals surface area contributed by atoms with Gasteiger partial charge in [0.25, 0.3) is 0 Å². The zero-order chi connectivity index (χ0) is 15.0. The summed E-state index contributed by atoms with van der Waals surface area (Å²) in [4.78, 5) is 14.1. The lowest BCUT2D eigenvalue weighted by atomic mass is 9.91. The number of amides is 1. The summed E-state index contributed by atoms with van der Waals surface area (Å²) in [5, 5.41) is 0. The maximum Gasteiger partial charge on any atom is 0.246 e. The molecule has 1 fully saturated rings. The Hall–Kier alpha value is -1.11. The molecule has 1 aliphatic heterocycles. The molecule has 0 radical (unpaired) electrons. The molecule has 0 aromatic heterocycles. The van der Waals surface area contributed by atoms with Crippen molar-refractivity contribution in [3.05, 3.63) is 35.9 Å². The molecule has 21 heavy (non-hydrogen) atoms. The quantitative estimate of drug-likeness (QED) is 0.892. The number of benzene rings is 1. The summed E-state index contributed by atoms with van der Waals surface area (Å²) in [6, 6.07) is 8.84. The Kier molecular flexibility index (Phi) is 5.41. The molecule has 1 amide bonds. The van der Waals surface area contributed by atoms with Gasteiger partial charge in [-0.25, -0.2) is 8.42 Å². The number of hydrogen-bond acceptors (Lipinski definition) is 4. The van der Waals surface area contributed by atoms with Crippen LogP contribution in [-0.2, 0) is 20.2 Å². The van der Waals surface area contributed by atoms with E-state index in [9.17, 15) is 13.2 Å². The van der Waals surface area contributed by atoms with E-state index < -0.39 is 15.4 Å². The fourth-order valence-corrected chi connectivity index (χ4v) is 4.30. The van der Waals surface area contributed by atoms with Crippen molar-refractivity contribution in [2.24, 2.45) is 5.73 Å². The van der Waals surface area contributed by atoms with Crippen molar-refractivity contribution in [1.82, 2.24) is 4.90 Å². The predicted octanol–water partition coefficient (Wildman–Crippen LogP) is 0.928. The minimum Gasteiger partial charge on any atom is -0.340 e. The predicted molar refractivity (Wildman–Crippen MR) is 85.1 cm³/mol. The average Bonchev–Trinajstić information content (AvgIpc) is 2.78. The molecule has 2 unspecified atom stereocenters. The number of nitrogens with two attached hydrogens (primary N) is 1. The van der Waals surface area contributed by atoms with E-state index in [0.717, 1.165) is 5.56 Å². The van der Waals surface area contributed by atoms with Crippen LogP contribution in [0.5, 0.6) is 0 Å². The van der Waals surface area contributed by atoms with Gasteiger partial charge in [-0.2, -0.15) is 0 Å². The maximum absolute atomic E-state index is 12.6. The third kappa shape index (κ3) is 3.75. The summed E-state index contributed by atoms with van der Waals surface area (Å²) in [7, 11) is -1.39. The molecule has 1 saturated heterocycles. The molecule has 1 aromatic rings. The molecule has 1 aromatic carbocycles. The number of carbonyl (C=O) groups excluding carboxylic acids is 1. The molecule has 2 N–H and O–H groups in total. The summed E-state index contributed by atoms with van der Waals surface area (Å²) in [6.07, 6.45) is 0.482. The molecule has 0 spiro atoms. The van der Waals surface area contributed by atoms with Crippen LogP contribution in [0, 0.1) is 0 Å². The van der Waals surface area contributed by atoms with Crippen molar-refractivity contribution < 1.29 is 13.2 Å². The lowest BCUT2D eigenvalue weighted by molar-refractivity contribution is -0.137. The van der Waals surface area contributed by atoms with Crippen LogP contribution in [0.2, 0.25) is 0 Å². The van der Waals surface area contributed by atoms with Gasteiger partial charge in [0, 0.05) is 13.1 Å².